The first-order valence-corrected chi connectivity index (χ1v) is 28.2. The minimum atomic E-state index is -1.81. The molecule has 25 nitrogen and oxygen atoms in total. The normalized spacial score (nSPS) is 20.7. The summed E-state index contributed by atoms with van der Waals surface area (Å²) in [6, 6.07) is 11.7. The summed E-state index contributed by atoms with van der Waals surface area (Å²) in [4.78, 5) is 130. The second-order valence-electron chi connectivity index (χ2n) is 19.0. The number of nitrogens with one attached hydrogen (secondary N) is 7. The Morgan fingerprint density at radius 2 is 1.15 bits per heavy atom. The molecule has 0 bridgehead atoms. The fraction of sp³-hybridized carbons (Fsp3) is 0.358. The van der Waals surface area contributed by atoms with Crippen molar-refractivity contribution in [2.24, 2.45) is 33.7 Å². The van der Waals surface area contributed by atoms with Crippen LogP contribution in [-0.2, 0) is 64.0 Å². The van der Waals surface area contributed by atoms with Crippen LogP contribution in [0, 0.1) is 0 Å². The number of primary amides is 2. The van der Waals surface area contributed by atoms with E-state index < -0.39 is 108 Å². The Kier molecular flexibility index (Phi) is 24.4. The van der Waals surface area contributed by atoms with E-state index in [9.17, 15) is 58.5 Å². The molecule has 1 aliphatic rings. The number of nitrogens with zero attached hydrogens (tertiary/aromatic N) is 1. The summed E-state index contributed by atoms with van der Waals surface area (Å²) < 4.78 is 0. The van der Waals surface area contributed by atoms with Gasteiger partial charge in [0, 0.05) is 47.9 Å². The van der Waals surface area contributed by atoms with Crippen molar-refractivity contribution in [3.05, 3.63) is 130 Å². The van der Waals surface area contributed by atoms with E-state index >= 15 is 0 Å². The zero-order valence-electron chi connectivity index (χ0n) is 43.8. The molecular weight excluding hydrogens is 1110 g/mol. The fourth-order valence-corrected chi connectivity index (χ4v) is 10.5. The molecule has 1 unspecified atom stereocenters. The van der Waals surface area contributed by atoms with Gasteiger partial charge in [-0.05, 0) is 97.0 Å². The Morgan fingerprint density at radius 1 is 0.654 bits per heavy atom. The minimum absolute atomic E-state index is 0.0143. The Hall–Kier alpha value is -8.11. The second kappa shape index (κ2) is 31.0. The van der Waals surface area contributed by atoms with Crippen molar-refractivity contribution in [3.63, 3.8) is 0 Å². The SMILES string of the molecule is C[C@@H](O)[C@@H]1NC(=O)[C@H](CCCN=C(N)N)NC(=O)[C@@H](Cc2ccc(C(N)=O)cc2)NC(=O)[C@H](Cc2ccc(O)cc2)NC(=O)[C@H](NC(=O)[C@@H](N)Cc2ccc(Cl)cc2)CSSC[C@@H](C(=O)NC(Cc2ccc(O)cc2)C(N)=O)NC1=O. The lowest BCUT2D eigenvalue weighted by Crippen LogP contribution is -2.62. The van der Waals surface area contributed by atoms with E-state index in [1.54, 1.807) is 24.3 Å². The monoisotopic (exact) mass is 1180 g/mol. The third kappa shape index (κ3) is 20.8. The van der Waals surface area contributed by atoms with Crippen molar-refractivity contribution in [2.75, 3.05) is 18.1 Å². The van der Waals surface area contributed by atoms with Crippen molar-refractivity contribution < 1.29 is 58.5 Å². The van der Waals surface area contributed by atoms with Gasteiger partial charge >= 0.3 is 0 Å². The molecule has 0 saturated carbocycles. The molecule has 1 saturated heterocycles. The molecule has 0 spiro atoms. The quantitative estimate of drug-likeness (QED) is 0.0212. The molecule has 4 aromatic carbocycles. The number of phenols is 2. The maximum absolute atomic E-state index is 14.8. The first-order valence-electron chi connectivity index (χ1n) is 25.3. The van der Waals surface area contributed by atoms with Crippen molar-refractivity contribution >= 4 is 92.3 Å². The van der Waals surface area contributed by atoms with Gasteiger partial charge in [-0.25, -0.2) is 0 Å². The van der Waals surface area contributed by atoms with Gasteiger partial charge in [0.2, 0.25) is 53.2 Å². The smallest absolute Gasteiger partial charge is 0.248 e. The fourth-order valence-electron chi connectivity index (χ4n) is 8.04. The Bertz CT molecular complexity index is 2880. The number of carbonyl (C=O) groups is 9. The van der Waals surface area contributed by atoms with Crippen LogP contribution in [0.1, 0.15) is 52.4 Å². The summed E-state index contributed by atoms with van der Waals surface area (Å²) in [5.74, 6) is -9.38. The average molecular weight is 1180 g/mol. The van der Waals surface area contributed by atoms with Gasteiger partial charge in [-0.3, -0.25) is 48.1 Å². The number of guanidine groups is 1. The maximum Gasteiger partial charge on any atom is 0.248 e. The van der Waals surface area contributed by atoms with E-state index in [1.165, 1.54) is 79.7 Å². The molecule has 9 amide bonds. The highest BCUT2D eigenvalue weighted by Crippen LogP contribution is 2.24. The molecule has 1 fully saturated rings. The summed E-state index contributed by atoms with van der Waals surface area (Å²) in [6.45, 7) is 1.15. The molecule has 4 aromatic rings. The van der Waals surface area contributed by atoms with Crippen LogP contribution in [0.3, 0.4) is 0 Å². The van der Waals surface area contributed by atoms with Crippen LogP contribution >= 0.6 is 33.2 Å². The number of hydrogen-bond donors (Lipinski definition) is 15. The number of aromatic hydroxyl groups is 2. The number of aliphatic hydroxyl groups is 1. The van der Waals surface area contributed by atoms with Crippen LogP contribution in [0.15, 0.2) is 102 Å². The third-order valence-corrected chi connectivity index (χ3v) is 15.2. The molecule has 20 N–H and O–H groups in total. The lowest BCUT2D eigenvalue weighted by atomic mass is 10.0. The molecule has 81 heavy (non-hydrogen) atoms. The molecule has 434 valence electrons. The number of amides is 9. The van der Waals surface area contributed by atoms with Crippen molar-refractivity contribution in [3.8, 4) is 11.5 Å². The van der Waals surface area contributed by atoms with Crippen LogP contribution in [0.5, 0.6) is 11.5 Å². The van der Waals surface area contributed by atoms with E-state index in [0.717, 1.165) is 21.6 Å². The molecule has 9 atom stereocenters. The standard InChI is InChI=1S/C53H66ClN13O12S2/c1-27(68)43-52(79)66-42(50(77)62-38(45(57)72)22-30-8-16-34(69)17-9-30)26-81-80-25-41(65-46(73)36(55)21-28-6-14-33(54)15-7-28)51(78)64-40(24-31-10-18-35(70)19-11-31)49(76)63-39(23-29-4-12-32(13-5-29)44(56)71)48(75)61-37(47(74)67-43)3-2-20-60-53(58)59/h4-19,27,36-43,68-70H,2-3,20-26,55H2,1H3,(H2,56,71)(H2,57,72)(H,61,75)(H,62,77)(H,63,76)(H,64,78)(H,65,73)(H,66,79)(H,67,74)(H4,58,59,60)/t27-,36+,37+,38?,39-,40+,41-,42+,43+/m1/s1. The lowest BCUT2D eigenvalue weighted by molar-refractivity contribution is -0.136. The Morgan fingerprint density at radius 3 is 1.69 bits per heavy atom. The van der Waals surface area contributed by atoms with E-state index in [0.29, 0.717) is 27.3 Å². The summed E-state index contributed by atoms with van der Waals surface area (Å²) in [5.41, 5.74) is 30.7. The predicted molar refractivity (Wildman–Crippen MR) is 305 cm³/mol. The second-order valence-corrected chi connectivity index (χ2v) is 21.9. The van der Waals surface area contributed by atoms with Crippen LogP contribution < -0.4 is 65.9 Å². The molecule has 28 heteroatoms. The minimum Gasteiger partial charge on any atom is -0.508 e. The van der Waals surface area contributed by atoms with Gasteiger partial charge in [-0.1, -0.05) is 81.7 Å². The number of hydrogen-bond acceptors (Lipinski definition) is 16. The van der Waals surface area contributed by atoms with Gasteiger partial charge in [0.25, 0.3) is 0 Å². The number of aliphatic imine (C=N–C) groups is 1. The van der Waals surface area contributed by atoms with Crippen molar-refractivity contribution in [1.82, 2.24) is 37.2 Å². The van der Waals surface area contributed by atoms with Crippen molar-refractivity contribution in [2.45, 2.75) is 99.9 Å². The van der Waals surface area contributed by atoms with E-state index in [2.05, 4.69) is 42.2 Å². The molecule has 0 radical (unpaired) electrons. The molecule has 1 aliphatic heterocycles. The first kappa shape index (κ1) is 63.7. The predicted octanol–water partition coefficient (Wildman–Crippen LogP) is -1.84. The highest BCUT2D eigenvalue weighted by atomic mass is 35.5. The number of benzene rings is 4. The zero-order chi connectivity index (χ0) is 59.3. The largest absolute Gasteiger partial charge is 0.508 e. The maximum atomic E-state index is 14.8. The zero-order valence-corrected chi connectivity index (χ0v) is 46.2. The van der Waals surface area contributed by atoms with Gasteiger partial charge in [0.05, 0.1) is 12.1 Å². The molecule has 1 heterocycles. The van der Waals surface area contributed by atoms with E-state index in [-0.39, 0.29) is 79.6 Å². The number of phenolic OH excluding ortho intramolecular Hbond substituents is 2. The van der Waals surface area contributed by atoms with Crippen molar-refractivity contribution in [1.29, 1.82) is 0 Å². The van der Waals surface area contributed by atoms with Gasteiger partial charge in [0.15, 0.2) is 5.96 Å². The number of carbonyl (C=O) groups excluding carboxylic acids is 9. The van der Waals surface area contributed by atoms with Crippen LogP contribution in [0.25, 0.3) is 0 Å². The van der Waals surface area contributed by atoms with Crippen LogP contribution in [0.4, 0.5) is 0 Å². The van der Waals surface area contributed by atoms with E-state index in [1.807, 2.05) is 0 Å². The third-order valence-electron chi connectivity index (χ3n) is 12.5. The average Bonchev–Trinajstić information content (AvgIpc) is 3.47. The van der Waals surface area contributed by atoms with Gasteiger partial charge in [0.1, 0.15) is 53.8 Å². The number of halogens is 1. The molecule has 0 aromatic heterocycles. The summed E-state index contributed by atoms with van der Waals surface area (Å²) in [6.07, 6.45) is -2.45. The first-order chi connectivity index (χ1) is 38.4. The van der Waals surface area contributed by atoms with Crippen LogP contribution in [-0.4, -0.2) is 147 Å². The Balaban J connectivity index is 1.59. The molecule has 0 aliphatic carbocycles. The molecular formula is C53H66ClN13O12S2. The number of rotatable bonds is 19. The molecule has 5 rings (SSSR count). The van der Waals surface area contributed by atoms with E-state index in [4.69, 9.17) is 40.3 Å². The summed E-state index contributed by atoms with van der Waals surface area (Å²) >= 11 is 6.07. The highest BCUT2D eigenvalue weighted by Gasteiger charge is 2.36. The summed E-state index contributed by atoms with van der Waals surface area (Å²) in [7, 11) is 1.87. The summed E-state index contributed by atoms with van der Waals surface area (Å²) in [5, 5.41) is 49.6. The van der Waals surface area contributed by atoms with Gasteiger partial charge in [-0.15, -0.1) is 0 Å². The van der Waals surface area contributed by atoms with Gasteiger partial charge in [-0.2, -0.15) is 0 Å². The van der Waals surface area contributed by atoms with Gasteiger partial charge < -0.3 is 81.2 Å². The highest BCUT2D eigenvalue weighted by molar-refractivity contribution is 8.76. The van der Waals surface area contributed by atoms with Crippen LogP contribution in [0.2, 0.25) is 5.02 Å². The lowest BCUT2D eigenvalue weighted by Gasteiger charge is -2.29. The number of nitrogens with two attached hydrogens (primary N) is 5. The number of aliphatic hydroxyl groups excluding tert-OH is 1. The topological polar surface area (TPSA) is 441 Å². The Labute approximate surface area is 478 Å².